The van der Waals surface area contributed by atoms with E-state index in [0.29, 0.717) is 6.04 Å². The molecule has 2 fully saturated rings. The molecule has 1 aromatic rings. The van der Waals surface area contributed by atoms with Crippen LogP contribution in [0.1, 0.15) is 44.2 Å². The molecule has 2 saturated heterocycles. The summed E-state index contributed by atoms with van der Waals surface area (Å²) in [6.07, 6.45) is 7.57. The molecule has 1 amide bonds. The maximum atomic E-state index is 11.6. The predicted octanol–water partition coefficient (Wildman–Crippen LogP) is 1.79. The lowest BCUT2D eigenvalue weighted by Gasteiger charge is -2.33. The summed E-state index contributed by atoms with van der Waals surface area (Å²) < 4.78 is 5.40. The van der Waals surface area contributed by atoms with E-state index < -0.39 is 0 Å². The van der Waals surface area contributed by atoms with Crippen molar-refractivity contribution in [2.75, 3.05) is 31.6 Å². The fourth-order valence-corrected chi connectivity index (χ4v) is 3.28. The Bertz CT molecular complexity index is 517. The van der Waals surface area contributed by atoms with Gasteiger partial charge in [0.15, 0.2) is 0 Å². The highest BCUT2D eigenvalue weighted by Crippen LogP contribution is 2.30. The molecule has 0 spiro atoms. The number of ether oxygens (including phenoxy) is 1. The van der Waals surface area contributed by atoms with E-state index in [1.807, 2.05) is 4.90 Å². The number of hydrogen-bond acceptors (Lipinski definition) is 5. The summed E-state index contributed by atoms with van der Waals surface area (Å²) in [5, 5.41) is 3.53. The van der Waals surface area contributed by atoms with Crippen LogP contribution in [-0.2, 0) is 9.53 Å². The first-order chi connectivity index (χ1) is 10.7. The van der Waals surface area contributed by atoms with Crippen LogP contribution in [0.15, 0.2) is 12.4 Å². The number of piperidine rings is 1. The Hall–Kier alpha value is -1.69. The van der Waals surface area contributed by atoms with Crippen molar-refractivity contribution in [2.45, 2.75) is 44.6 Å². The van der Waals surface area contributed by atoms with Gasteiger partial charge >= 0.3 is 0 Å². The van der Waals surface area contributed by atoms with Crippen LogP contribution in [0, 0.1) is 0 Å². The molecule has 2 aliphatic heterocycles. The van der Waals surface area contributed by atoms with Gasteiger partial charge in [-0.15, -0.1) is 0 Å². The first-order valence-electron chi connectivity index (χ1n) is 8.14. The number of rotatable bonds is 3. The van der Waals surface area contributed by atoms with Gasteiger partial charge in [-0.1, -0.05) is 0 Å². The topological polar surface area (TPSA) is 67.4 Å². The Morgan fingerprint density at radius 2 is 2.05 bits per heavy atom. The third kappa shape index (κ3) is 3.55. The Morgan fingerprint density at radius 1 is 1.27 bits per heavy atom. The van der Waals surface area contributed by atoms with Crippen LogP contribution >= 0.6 is 0 Å². The molecule has 0 bridgehead atoms. The summed E-state index contributed by atoms with van der Waals surface area (Å²) in [5.74, 6) is 1.30. The molecule has 0 aliphatic carbocycles. The zero-order valence-corrected chi connectivity index (χ0v) is 13.1. The minimum atomic E-state index is 0.146. The number of carbonyl (C=O) groups excluding carboxylic acids is 1. The van der Waals surface area contributed by atoms with Crippen molar-refractivity contribution >= 4 is 11.7 Å². The van der Waals surface area contributed by atoms with Crippen molar-refractivity contribution in [1.29, 1.82) is 0 Å². The Labute approximate surface area is 131 Å². The second-order valence-electron chi connectivity index (χ2n) is 6.13. The summed E-state index contributed by atoms with van der Waals surface area (Å²) in [5.41, 5.74) is 1.000. The molecule has 22 heavy (non-hydrogen) atoms. The summed E-state index contributed by atoms with van der Waals surface area (Å²) in [7, 11) is 0. The minimum absolute atomic E-state index is 0.146. The summed E-state index contributed by atoms with van der Waals surface area (Å²) >= 11 is 0. The molecular formula is C16H24N4O2. The van der Waals surface area contributed by atoms with Gasteiger partial charge in [0.05, 0.1) is 5.69 Å². The molecule has 2 aliphatic rings. The maximum Gasteiger partial charge on any atom is 0.219 e. The molecule has 6 heteroatoms. The molecule has 1 atom stereocenters. The van der Waals surface area contributed by atoms with Crippen LogP contribution in [0.4, 0.5) is 5.82 Å². The smallest absolute Gasteiger partial charge is 0.219 e. The highest BCUT2D eigenvalue weighted by atomic mass is 16.5. The van der Waals surface area contributed by atoms with Crippen LogP contribution in [0.5, 0.6) is 0 Å². The SMILES string of the molecule is CC(=O)N1CCCC(c2nccnc2NC2CCOCC2)C1. The number of nitrogens with one attached hydrogen (secondary N) is 1. The molecule has 1 aromatic heterocycles. The molecule has 6 nitrogen and oxygen atoms in total. The average Bonchev–Trinajstić information content (AvgIpc) is 2.56. The van der Waals surface area contributed by atoms with E-state index in [4.69, 9.17) is 4.74 Å². The normalized spacial score (nSPS) is 23.3. The van der Waals surface area contributed by atoms with E-state index in [2.05, 4.69) is 15.3 Å². The highest BCUT2D eigenvalue weighted by molar-refractivity contribution is 5.73. The van der Waals surface area contributed by atoms with Crippen molar-refractivity contribution in [3.05, 3.63) is 18.1 Å². The fraction of sp³-hybridized carbons (Fsp3) is 0.688. The monoisotopic (exact) mass is 304 g/mol. The van der Waals surface area contributed by atoms with Gasteiger partial charge in [-0.2, -0.15) is 0 Å². The maximum absolute atomic E-state index is 11.6. The lowest BCUT2D eigenvalue weighted by atomic mass is 9.94. The average molecular weight is 304 g/mol. The van der Waals surface area contributed by atoms with Gasteiger partial charge in [-0.05, 0) is 25.7 Å². The van der Waals surface area contributed by atoms with E-state index in [0.717, 1.165) is 63.5 Å². The second-order valence-corrected chi connectivity index (χ2v) is 6.13. The lowest BCUT2D eigenvalue weighted by molar-refractivity contribution is -0.130. The molecule has 120 valence electrons. The van der Waals surface area contributed by atoms with Gasteiger partial charge in [0, 0.05) is 57.6 Å². The predicted molar refractivity (Wildman–Crippen MR) is 83.7 cm³/mol. The van der Waals surface area contributed by atoms with E-state index in [1.54, 1.807) is 19.3 Å². The number of amides is 1. The standard InChI is InChI=1S/C16H24N4O2/c1-12(21)20-8-2-3-13(11-20)15-16(18-7-6-17-15)19-14-4-9-22-10-5-14/h6-7,13-14H,2-5,8-11H2,1H3,(H,18,19). The van der Waals surface area contributed by atoms with Gasteiger partial charge in [0.2, 0.25) is 5.91 Å². The molecule has 1 N–H and O–H groups in total. The van der Waals surface area contributed by atoms with Crippen molar-refractivity contribution in [2.24, 2.45) is 0 Å². The van der Waals surface area contributed by atoms with Crippen molar-refractivity contribution in [3.63, 3.8) is 0 Å². The molecule has 0 saturated carbocycles. The van der Waals surface area contributed by atoms with Crippen LogP contribution < -0.4 is 5.32 Å². The highest BCUT2D eigenvalue weighted by Gasteiger charge is 2.27. The third-order valence-corrected chi connectivity index (χ3v) is 4.54. The minimum Gasteiger partial charge on any atom is -0.381 e. The van der Waals surface area contributed by atoms with E-state index in [9.17, 15) is 4.79 Å². The molecule has 3 heterocycles. The Kier molecular flexibility index (Phi) is 4.87. The van der Waals surface area contributed by atoms with Gasteiger partial charge in [0.25, 0.3) is 0 Å². The van der Waals surface area contributed by atoms with Crippen LogP contribution in [0.2, 0.25) is 0 Å². The van der Waals surface area contributed by atoms with Crippen molar-refractivity contribution < 1.29 is 9.53 Å². The first kappa shape index (κ1) is 15.2. The van der Waals surface area contributed by atoms with Crippen molar-refractivity contribution in [1.82, 2.24) is 14.9 Å². The van der Waals surface area contributed by atoms with Crippen LogP contribution in [0.25, 0.3) is 0 Å². The number of nitrogens with zero attached hydrogens (tertiary/aromatic N) is 3. The molecule has 0 radical (unpaired) electrons. The number of likely N-dealkylation sites (tertiary alicyclic amines) is 1. The Morgan fingerprint density at radius 3 is 2.82 bits per heavy atom. The van der Waals surface area contributed by atoms with Crippen molar-refractivity contribution in [3.8, 4) is 0 Å². The lowest BCUT2D eigenvalue weighted by Crippen LogP contribution is -2.38. The van der Waals surface area contributed by atoms with E-state index in [-0.39, 0.29) is 11.8 Å². The van der Waals surface area contributed by atoms with Gasteiger partial charge in [0.1, 0.15) is 5.82 Å². The van der Waals surface area contributed by atoms with Crippen LogP contribution in [-0.4, -0.2) is 53.1 Å². The van der Waals surface area contributed by atoms with E-state index >= 15 is 0 Å². The first-order valence-corrected chi connectivity index (χ1v) is 8.14. The van der Waals surface area contributed by atoms with Gasteiger partial charge in [-0.25, -0.2) is 4.98 Å². The fourth-order valence-electron chi connectivity index (χ4n) is 3.28. The third-order valence-electron chi connectivity index (χ3n) is 4.54. The molecule has 3 rings (SSSR count). The van der Waals surface area contributed by atoms with Crippen LogP contribution in [0.3, 0.4) is 0 Å². The van der Waals surface area contributed by atoms with Gasteiger partial charge < -0.3 is 15.0 Å². The van der Waals surface area contributed by atoms with E-state index in [1.165, 1.54) is 0 Å². The molecular weight excluding hydrogens is 280 g/mol. The largest absolute Gasteiger partial charge is 0.381 e. The molecule has 1 unspecified atom stereocenters. The summed E-state index contributed by atoms with van der Waals surface area (Å²) in [6, 6.07) is 0.400. The summed E-state index contributed by atoms with van der Waals surface area (Å²) in [4.78, 5) is 22.6. The molecule has 0 aromatic carbocycles. The number of aromatic nitrogens is 2. The summed E-state index contributed by atoms with van der Waals surface area (Å²) in [6.45, 7) is 4.84. The zero-order valence-electron chi connectivity index (χ0n) is 13.1. The Balaban J connectivity index is 1.73. The number of anilines is 1. The number of hydrogen-bond donors (Lipinski definition) is 1. The zero-order chi connectivity index (χ0) is 15.4. The second kappa shape index (κ2) is 7.05. The van der Waals surface area contributed by atoms with Gasteiger partial charge in [-0.3, -0.25) is 9.78 Å². The number of carbonyl (C=O) groups is 1. The quantitative estimate of drug-likeness (QED) is 0.922.